The van der Waals surface area contributed by atoms with Gasteiger partial charge >= 0.3 is 0 Å². The molecule has 1 aliphatic rings. The van der Waals surface area contributed by atoms with Gasteiger partial charge in [-0.05, 0) is 38.8 Å². The summed E-state index contributed by atoms with van der Waals surface area (Å²) >= 11 is 6.11. The van der Waals surface area contributed by atoms with Gasteiger partial charge in [0.2, 0.25) is 5.88 Å². The van der Waals surface area contributed by atoms with E-state index in [2.05, 4.69) is 35.8 Å². The van der Waals surface area contributed by atoms with Crippen LogP contribution in [0.5, 0.6) is 5.88 Å². The fourth-order valence-corrected chi connectivity index (χ4v) is 2.94. The van der Waals surface area contributed by atoms with Gasteiger partial charge in [0.25, 0.3) is 0 Å². The molecular formula is C14H22ClN3O. The van der Waals surface area contributed by atoms with Gasteiger partial charge in [-0.15, -0.1) is 0 Å². The molecule has 1 aliphatic heterocycles. The Morgan fingerprint density at radius 3 is 2.89 bits per heavy atom. The van der Waals surface area contributed by atoms with E-state index in [-0.39, 0.29) is 5.92 Å². The largest absolute Gasteiger partial charge is 0.477 e. The molecule has 0 amide bonds. The number of likely N-dealkylation sites (tertiary alicyclic amines) is 1. The lowest BCUT2D eigenvalue weighted by molar-refractivity contribution is 0.226. The molecule has 2 rings (SSSR count). The zero-order valence-electron chi connectivity index (χ0n) is 11.9. The standard InChI is InChI=1S/C14H22ClN3O/c1-10(2)12-13(15)16-9-17-14(12)19-8-6-11-5-4-7-18(11)3/h9-11H,4-8H2,1-3H3. The first kappa shape index (κ1) is 14.5. The maximum atomic E-state index is 6.11. The van der Waals surface area contributed by atoms with Crippen molar-refractivity contribution < 1.29 is 4.74 Å². The summed E-state index contributed by atoms with van der Waals surface area (Å²) in [5.41, 5.74) is 0.906. The van der Waals surface area contributed by atoms with Crippen LogP contribution in [-0.4, -0.2) is 41.1 Å². The first-order valence-electron chi connectivity index (χ1n) is 6.93. The maximum Gasteiger partial charge on any atom is 0.221 e. The lowest BCUT2D eigenvalue weighted by Crippen LogP contribution is -2.26. The molecule has 1 fully saturated rings. The van der Waals surface area contributed by atoms with Crippen molar-refractivity contribution in [3.05, 3.63) is 17.0 Å². The zero-order valence-corrected chi connectivity index (χ0v) is 12.7. The summed E-state index contributed by atoms with van der Waals surface area (Å²) in [5.74, 6) is 0.897. The highest BCUT2D eigenvalue weighted by Crippen LogP contribution is 2.29. The SMILES string of the molecule is CC(C)c1c(Cl)ncnc1OCCC1CCCN1C. The highest BCUT2D eigenvalue weighted by molar-refractivity contribution is 6.30. The van der Waals surface area contributed by atoms with Crippen LogP contribution in [0.4, 0.5) is 0 Å². The Hall–Kier alpha value is -0.870. The first-order chi connectivity index (χ1) is 9.09. The Morgan fingerprint density at radius 2 is 2.26 bits per heavy atom. The third-order valence-electron chi connectivity index (χ3n) is 3.74. The molecule has 0 bridgehead atoms. The van der Waals surface area contributed by atoms with Crippen molar-refractivity contribution >= 4 is 11.6 Å². The Balaban J connectivity index is 1.94. The second-order valence-corrected chi connectivity index (χ2v) is 5.81. The molecular weight excluding hydrogens is 262 g/mol. The summed E-state index contributed by atoms with van der Waals surface area (Å²) in [5, 5.41) is 0.498. The molecule has 106 valence electrons. The number of aromatic nitrogens is 2. The second kappa shape index (κ2) is 6.53. The van der Waals surface area contributed by atoms with Crippen LogP contribution in [0.2, 0.25) is 5.15 Å². The van der Waals surface area contributed by atoms with Gasteiger partial charge in [0, 0.05) is 6.04 Å². The van der Waals surface area contributed by atoms with Crippen LogP contribution in [0.1, 0.15) is 44.6 Å². The van der Waals surface area contributed by atoms with Gasteiger partial charge in [-0.25, -0.2) is 9.97 Å². The molecule has 0 spiro atoms. The molecule has 5 heteroatoms. The van der Waals surface area contributed by atoms with Crippen molar-refractivity contribution in [3.63, 3.8) is 0 Å². The average Bonchev–Trinajstić information content (AvgIpc) is 2.75. The second-order valence-electron chi connectivity index (χ2n) is 5.45. The monoisotopic (exact) mass is 283 g/mol. The number of hydrogen-bond acceptors (Lipinski definition) is 4. The topological polar surface area (TPSA) is 38.3 Å². The summed E-state index contributed by atoms with van der Waals surface area (Å²) in [4.78, 5) is 10.6. The maximum absolute atomic E-state index is 6.11. The molecule has 19 heavy (non-hydrogen) atoms. The van der Waals surface area contributed by atoms with Gasteiger partial charge in [-0.3, -0.25) is 0 Å². The van der Waals surface area contributed by atoms with Crippen LogP contribution >= 0.6 is 11.6 Å². The Kier molecular flexibility index (Phi) is 4.99. The highest BCUT2D eigenvalue weighted by atomic mass is 35.5. The predicted molar refractivity (Wildman–Crippen MR) is 76.9 cm³/mol. The van der Waals surface area contributed by atoms with Crippen molar-refractivity contribution in [3.8, 4) is 5.88 Å². The van der Waals surface area contributed by atoms with E-state index in [1.54, 1.807) is 0 Å². The molecule has 0 aliphatic carbocycles. The molecule has 0 radical (unpaired) electrons. The summed E-state index contributed by atoms with van der Waals surface area (Å²) in [7, 11) is 2.18. The van der Waals surface area contributed by atoms with Crippen molar-refractivity contribution in [2.75, 3.05) is 20.2 Å². The van der Waals surface area contributed by atoms with Gasteiger partial charge in [0.15, 0.2) is 0 Å². The normalized spacial score (nSPS) is 20.2. The fourth-order valence-electron chi connectivity index (χ4n) is 2.60. The van der Waals surface area contributed by atoms with Crippen LogP contribution < -0.4 is 4.74 Å². The summed E-state index contributed by atoms with van der Waals surface area (Å²) in [6.45, 7) is 6.02. The molecule has 4 nitrogen and oxygen atoms in total. The minimum Gasteiger partial charge on any atom is -0.477 e. The summed E-state index contributed by atoms with van der Waals surface area (Å²) < 4.78 is 5.83. The van der Waals surface area contributed by atoms with Crippen molar-refractivity contribution in [2.24, 2.45) is 0 Å². The van der Waals surface area contributed by atoms with Gasteiger partial charge in [-0.2, -0.15) is 0 Å². The van der Waals surface area contributed by atoms with Gasteiger partial charge < -0.3 is 9.64 Å². The predicted octanol–water partition coefficient (Wildman–Crippen LogP) is 3.12. The van der Waals surface area contributed by atoms with E-state index in [4.69, 9.17) is 16.3 Å². The number of halogens is 1. The van der Waals surface area contributed by atoms with Crippen LogP contribution in [0.25, 0.3) is 0 Å². The lowest BCUT2D eigenvalue weighted by atomic mass is 10.1. The molecule has 1 unspecified atom stereocenters. The molecule has 1 aromatic rings. The number of ether oxygens (including phenoxy) is 1. The van der Waals surface area contributed by atoms with Gasteiger partial charge in [0.1, 0.15) is 11.5 Å². The van der Waals surface area contributed by atoms with E-state index >= 15 is 0 Å². The number of rotatable bonds is 5. The minimum absolute atomic E-state index is 0.262. The first-order valence-corrected chi connectivity index (χ1v) is 7.30. The van der Waals surface area contributed by atoms with E-state index in [9.17, 15) is 0 Å². The van der Waals surface area contributed by atoms with E-state index in [0.29, 0.717) is 23.7 Å². The van der Waals surface area contributed by atoms with E-state index < -0.39 is 0 Å². The Morgan fingerprint density at radius 1 is 1.47 bits per heavy atom. The molecule has 0 saturated carbocycles. The van der Waals surface area contributed by atoms with Crippen LogP contribution in [0.3, 0.4) is 0 Å². The van der Waals surface area contributed by atoms with Crippen LogP contribution in [0, 0.1) is 0 Å². The smallest absolute Gasteiger partial charge is 0.221 e. The third kappa shape index (κ3) is 3.57. The minimum atomic E-state index is 0.262. The van der Waals surface area contributed by atoms with E-state index in [0.717, 1.165) is 12.0 Å². The Labute approximate surface area is 120 Å². The third-order valence-corrected chi connectivity index (χ3v) is 4.04. The fraction of sp³-hybridized carbons (Fsp3) is 0.714. The van der Waals surface area contributed by atoms with E-state index in [1.807, 2.05) is 0 Å². The average molecular weight is 284 g/mol. The molecule has 0 N–H and O–H groups in total. The molecule has 1 saturated heterocycles. The summed E-state index contributed by atoms with van der Waals surface area (Å²) in [6, 6.07) is 0.639. The number of hydrogen-bond donors (Lipinski definition) is 0. The molecule has 1 aromatic heterocycles. The zero-order chi connectivity index (χ0) is 13.8. The van der Waals surface area contributed by atoms with Crippen LogP contribution in [-0.2, 0) is 0 Å². The molecule has 2 heterocycles. The summed E-state index contributed by atoms with van der Waals surface area (Å²) in [6.07, 6.45) is 5.06. The van der Waals surface area contributed by atoms with Gasteiger partial charge in [-0.1, -0.05) is 25.4 Å². The van der Waals surface area contributed by atoms with Crippen LogP contribution in [0.15, 0.2) is 6.33 Å². The van der Waals surface area contributed by atoms with E-state index in [1.165, 1.54) is 25.7 Å². The highest BCUT2D eigenvalue weighted by Gasteiger charge is 2.21. The van der Waals surface area contributed by atoms with Crippen molar-refractivity contribution in [2.45, 2.75) is 45.1 Å². The lowest BCUT2D eigenvalue weighted by Gasteiger charge is -2.20. The Bertz CT molecular complexity index is 425. The van der Waals surface area contributed by atoms with Gasteiger partial charge in [0.05, 0.1) is 12.2 Å². The molecule has 1 atom stereocenters. The number of nitrogens with zero attached hydrogens (tertiary/aromatic N) is 3. The van der Waals surface area contributed by atoms with Crippen molar-refractivity contribution in [1.82, 2.24) is 14.9 Å². The molecule has 0 aromatic carbocycles. The van der Waals surface area contributed by atoms with Crippen molar-refractivity contribution in [1.29, 1.82) is 0 Å². The quantitative estimate of drug-likeness (QED) is 0.778.